The number of H-pyrrole nitrogens is 2. The summed E-state index contributed by atoms with van der Waals surface area (Å²) in [5.41, 5.74) is 11.4. The van der Waals surface area contributed by atoms with Crippen molar-refractivity contribution in [3.05, 3.63) is 72.1 Å². The van der Waals surface area contributed by atoms with Crippen molar-refractivity contribution in [2.75, 3.05) is 23.7 Å². The highest BCUT2D eigenvalue weighted by molar-refractivity contribution is 6.02. The molecule has 0 radical (unpaired) electrons. The Morgan fingerprint density at radius 2 is 1.82 bits per heavy atom. The van der Waals surface area contributed by atoms with Crippen molar-refractivity contribution in [1.82, 2.24) is 25.3 Å². The number of amides is 1. The summed E-state index contributed by atoms with van der Waals surface area (Å²) < 4.78 is 0. The zero-order chi connectivity index (χ0) is 26.8. The number of ketones is 1. The highest BCUT2D eigenvalue weighted by atomic mass is 16.2. The van der Waals surface area contributed by atoms with E-state index in [0.29, 0.717) is 36.5 Å². The van der Waals surface area contributed by atoms with Crippen molar-refractivity contribution in [2.45, 2.75) is 33.2 Å². The maximum atomic E-state index is 13.3. The fraction of sp³-hybridized carbons (Fsp3) is 0.241. The normalized spacial score (nSPS) is 12.1. The molecule has 5 N–H and O–H groups in total. The zero-order valence-corrected chi connectivity index (χ0v) is 21.7. The SMILES string of the molecule is CCC(=O)[C@H](CN(CC)c1ccccc1)NC(=O)c1ccc2[nH]c(-c3cc(N)nc4nc(C)[nH]c34)cc2c1. The largest absolute Gasteiger partial charge is 0.384 e. The van der Waals surface area contributed by atoms with E-state index < -0.39 is 6.04 Å². The molecule has 0 bridgehead atoms. The summed E-state index contributed by atoms with van der Waals surface area (Å²) in [4.78, 5) is 43.5. The maximum Gasteiger partial charge on any atom is 0.251 e. The topological polar surface area (TPSA) is 133 Å². The first-order valence-corrected chi connectivity index (χ1v) is 12.8. The summed E-state index contributed by atoms with van der Waals surface area (Å²) in [6, 6.07) is 18.5. The van der Waals surface area contributed by atoms with E-state index in [0.717, 1.165) is 39.2 Å². The average molecular weight is 510 g/mol. The minimum Gasteiger partial charge on any atom is -0.384 e. The van der Waals surface area contributed by atoms with Crippen LogP contribution in [0.15, 0.2) is 60.7 Å². The van der Waals surface area contributed by atoms with Crippen LogP contribution in [0.1, 0.15) is 36.5 Å². The van der Waals surface area contributed by atoms with Gasteiger partial charge in [-0.25, -0.2) is 9.97 Å². The quantitative estimate of drug-likeness (QED) is 0.230. The number of rotatable bonds is 9. The Morgan fingerprint density at radius 3 is 2.55 bits per heavy atom. The van der Waals surface area contributed by atoms with E-state index in [2.05, 4.69) is 30.2 Å². The van der Waals surface area contributed by atoms with Crippen molar-refractivity contribution >= 4 is 45.3 Å². The summed E-state index contributed by atoms with van der Waals surface area (Å²) in [5.74, 6) is 0.831. The summed E-state index contributed by atoms with van der Waals surface area (Å²) in [5, 5.41) is 3.84. The van der Waals surface area contributed by atoms with Gasteiger partial charge in [0.1, 0.15) is 17.7 Å². The Morgan fingerprint density at radius 1 is 1.03 bits per heavy atom. The average Bonchev–Trinajstić information content (AvgIpc) is 3.52. The predicted octanol–water partition coefficient (Wildman–Crippen LogP) is 4.60. The summed E-state index contributed by atoms with van der Waals surface area (Å²) >= 11 is 0. The van der Waals surface area contributed by atoms with Crippen LogP contribution in [-0.4, -0.2) is 50.8 Å². The number of Topliss-reactive ketones (excluding diaryl/α,β-unsaturated/α-hetero) is 1. The van der Waals surface area contributed by atoms with Gasteiger partial charge < -0.3 is 25.9 Å². The van der Waals surface area contributed by atoms with Gasteiger partial charge in [0.2, 0.25) is 0 Å². The third-order valence-corrected chi connectivity index (χ3v) is 6.72. The fourth-order valence-corrected chi connectivity index (χ4v) is 4.75. The monoisotopic (exact) mass is 509 g/mol. The van der Waals surface area contributed by atoms with E-state index >= 15 is 0 Å². The first-order chi connectivity index (χ1) is 18.4. The number of benzene rings is 2. The van der Waals surface area contributed by atoms with Gasteiger partial charge in [-0.05, 0) is 56.3 Å². The molecule has 0 aliphatic heterocycles. The van der Waals surface area contributed by atoms with Gasteiger partial charge in [0, 0.05) is 52.9 Å². The second kappa shape index (κ2) is 10.4. The van der Waals surface area contributed by atoms with Gasteiger partial charge in [0.25, 0.3) is 5.91 Å². The number of hydrogen-bond acceptors (Lipinski definition) is 6. The molecule has 38 heavy (non-hydrogen) atoms. The Kier molecular flexibility index (Phi) is 6.83. The molecule has 0 aliphatic rings. The van der Waals surface area contributed by atoms with Gasteiger partial charge in [-0.15, -0.1) is 0 Å². The van der Waals surface area contributed by atoms with Gasteiger partial charge in [0.15, 0.2) is 11.4 Å². The Labute approximate surface area is 220 Å². The molecule has 194 valence electrons. The van der Waals surface area contributed by atoms with E-state index in [-0.39, 0.29) is 11.7 Å². The lowest BCUT2D eigenvalue weighted by molar-refractivity contribution is -0.120. The zero-order valence-electron chi connectivity index (χ0n) is 21.7. The van der Waals surface area contributed by atoms with Gasteiger partial charge in [-0.1, -0.05) is 25.1 Å². The highest BCUT2D eigenvalue weighted by Crippen LogP contribution is 2.30. The second-order valence-corrected chi connectivity index (χ2v) is 9.32. The molecular formula is C29H31N7O2. The Hall–Kier alpha value is -4.66. The van der Waals surface area contributed by atoms with Crippen LogP contribution in [0.2, 0.25) is 0 Å². The molecule has 0 fully saturated rings. The third kappa shape index (κ3) is 4.95. The number of anilines is 2. The number of nitrogens with two attached hydrogens (primary N) is 1. The molecule has 3 aromatic heterocycles. The number of nitrogens with one attached hydrogen (secondary N) is 3. The molecule has 9 heteroatoms. The molecular weight excluding hydrogens is 478 g/mol. The van der Waals surface area contributed by atoms with Crippen LogP contribution in [0, 0.1) is 6.92 Å². The minimum atomic E-state index is -0.623. The lowest BCUT2D eigenvalue weighted by atomic mass is 10.1. The maximum absolute atomic E-state index is 13.3. The third-order valence-electron chi connectivity index (χ3n) is 6.72. The number of aromatic nitrogens is 4. The van der Waals surface area contributed by atoms with E-state index in [1.54, 1.807) is 12.1 Å². The number of hydrogen-bond donors (Lipinski definition) is 4. The smallest absolute Gasteiger partial charge is 0.251 e. The molecule has 5 rings (SSSR count). The van der Waals surface area contributed by atoms with Crippen LogP contribution in [0.3, 0.4) is 0 Å². The molecule has 2 aromatic carbocycles. The number of pyridine rings is 1. The predicted molar refractivity (Wildman–Crippen MR) is 151 cm³/mol. The molecule has 0 aliphatic carbocycles. The molecule has 5 aromatic rings. The Bertz CT molecular complexity index is 1620. The van der Waals surface area contributed by atoms with Crippen LogP contribution >= 0.6 is 0 Å². The molecule has 1 amide bonds. The lowest BCUT2D eigenvalue weighted by Crippen LogP contribution is -2.48. The number of nitrogens with zero attached hydrogens (tertiary/aromatic N) is 3. The van der Waals surface area contributed by atoms with Crippen molar-refractivity contribution in [2.24, 2.45) is 0 Å². The van der Waals surface area contributed by atoms with Crippen LogP contribution in [-0.2, 0) is 4.79 Å². The number of aryl methyl sites for hydroxylation is 1. The van der Waals surface area contributed by atoms with Crippen molar-refractivity contribution in [3.63, 3.8) is 0 Å². The van der Waals surface area contributed by atoms with E-state index in [1.165, 1.54) is 0 Å². The van der Waals surface area contributed by atoms with Crippen LogP contribution in [0.25, 0.3) is 33.3 Å². The fourth-order valence-electron chi connectivity index (χ4n) is 4.75. The van der Waals surface area contributed by atoms with Gasteiger partial charge in [0.05, 0.1) is 5.52 Å². The van der Waals surface area contributed by atoms with Gasteiger partial charge in [-0.2, -0.15) is 0 Å². The van der Waals surface area contributed by atoms with Gasteiger partial charge in [-0.3, -0.25) is 9.59 Å². The lowest BCUT2D eigenvalue weighted by Gasteiger charge is -2.28. The highest BCUT2D eigenvalue weighted by Gasteiger charge is 2.23. The van der Waals surface area contributed by atoms with Crippen molar-refractivity contribution in [3.8, 4) is 11.3 Å². The molecule has 0 unspecified atom stereocenters. The van der Waals surface area contributed by atoms with E-state index in [4.69, 9.17) is 5.73 Å². The van der Waals surface area contributed by atoms with Crippen molar-refractivity contribution in [1.29, 1.82) is 0 Å². The Balaban J connectivity index is 1.41. The minimum absolute atomic E-state index is 0.00752. The molecule has 3 heterocycles. The first kappa shape index (κ1) is 25.0. The van der Waals surface area contributed by atoms with E-state index in [9.17, 15) is 9.59 Å². The molecule has 0 spiro atoms. The van der Waals surface area contributed by atoms with Crippen LogP contribution < -0.4 is 16.0 Å². The summed E-state index contributed by atoms with van der Waals surface area (Å²) in [7, 11) is 0. The number of likely N-dealkylation sites (N-methyl/N-ethyl adjacent to an activating group) is 1. The molecule has 0 saturated heterocycles. The number of nitrogen functional groups attached to an aromatic ring is 1. The first-order valence-electron chi connectivity index (χ1n) is 12.8. The standard InChI is InChI=1S/C29H31N7O2/c1-4-25(37)24(16-36(5-2)20-9-7-6-8-10-20)34-29(38)18-11-12-22-19(13-18)14-23(33-22)21-15-26(30)35-28-27(21)31-17(3)32-28/h6-15,24,33H,4-5,16H2,1-3H3,(H,34,38)(H3,30,31,32,35)/t24-/m0/s1. The molecule has 0 saturated carbocycles. The number of fused-ring (bicyclic) bond motifs is 2. The summed E-state index contributed by atoms with van der Waals surface area (Å²) in [6.07, 6.45) is 0.341. The number of imidazole rings is 1. The summed E-state index contributed by atoms with van der Waals surface area (Å²) in [6.45, 7) is 6.84. The number of carbonyl (C=O) groups excluding carboxylic acids is 2. The van der Waals surface area contributed by atoms with Gasteiger partial charge >= 0.3 is 0 Å². The molecule has 9 nitrogen and oxygen atoms in total. The van der Waals surface area contributed by atoms with Crippen molar-refractivity contribution < 1.29 is 9.59 Å². The second-order valence-electron chi connectivity index (χ2n) is 9.32. The van der Waals surface area contributed by atoms with Crippen LogP contribution in [0.4, 0.5) is 11.5 Å². The number of aromatic amines is 2. The van der Waals surface area contributed by atoms with E-state index in [1.807, 2.05) is 69.3 Å². The number of carbonyl (C=O) groups is 2. The molecule has 1 atom stereocenters. The number of para-hydroxylation sites is 1. The van der Waals surface area contributed by atoms with Crippen LogP contribution in [0.5, 0.6) is 0 Å².